The van der Waals surface area contributed by atoms with Crippen LogP contribution in [0.25, 0.3) is 10.7 Å². The molecule has 0 spiro atoms. The predicted octanol–water partition coefficient (Wildman–Crippen LogP) is 2.36. The van der Waals surface area contributed by atoms with Gasteiger partial charge in [0.15, 0.2) is 10.6 Å². The van der Waals surface area contributed by atoms with E-state index in [4.69, 9.17) is 12.2 Å². The predicted molar refractivity (Wildman–Crippen MR) is 64.0 cm³/mol. The first-order valence-corrected chi connectivity index (χ1v) is 6.48. The van der Waals surface area contributed by atoms with Crippen molar-refractivity contribution >= 4 is 23.8 Å². The molecule has 3 rings (SSSR count). The van der Waals surface area contributed by atoms with Crippen LogP contribution in [-0.2, 0) is 6.42 Å². The maximum Gasteiger partial charge on any atom is 0.195 e. The summed E-state index contributed by atoms with van der Waals surface area (Å²) in [5.74, 6) is 0.902. The standard InChI is InChI=1S/C9H11N5S2/c1-2-6-7(16-13-10-6)8-11-12-9(15)14(8)5-3-4-5/h5H,2-4H2,1H3,(H,12,15). The maximum atomic E-state index is 5.25. The molecule has 5 nitrogen and oxygen atoms in total. The monoisotopic (exact) mass is 253 g/mol. The van der Waals surface area contributed by atoms with Crippen molar-refractivity contribution in [3.63, 3.8) is 0 Å². The average molecular weight is 253 g/mol. The number of aryl methyl sites for hydroxylation is 1. The average Bonchev–Trinajstić information content (AvgIpc) is 2.89. The van der Waals surface area contributed by atoms with E-state index < -0.39 is 0 Å². The highest BCUT2D eigenvalue weighted by atomic mass is 32.1. The molecule has 0 radical (unpaired) electrons. The summed E-state index contributed by atoms with van der Waals surface area (Å²) in [6, 6.07) is 0.521. The fraction of sp³-hybridized carbons (Fsp3) is 0.556. The molecule has 0 saturated heterocycles. The van der Waals surface area contributed by atoms with E-state index in [9.17, 15) is 0 Å². The molecule has 16 heavy (non-hydrogen) atoms. The molecule has 1 fully saturated rings. The van der Waals surface area contributed by atoms with Crippen molar-refractivity contribution in [2.45, 2.75) is 32.2 Å². The van der Waals surface area contributed by atoms with E-state index >= 15 is 0 Å². The van der Waals surface area contributed by atoms with Gasteiger partial charge in [0.1, 0.15) is 4.88 Å². The molecule has 1 aliphatic rings. The molecule has 2 aromatic heterocycles. The van der Waals surface area contributed by atoms with E-state index in [1.807, 2.05) is 0 Å². The Labute approximate surface area is 102 Å². The zero-order valence-electron chi connectivity index (χ0n) is 8.80. The number of nitrogens with one attached hydrogen (secondary N) is 1. The van der Waals surface area contributed by atoms with E-state index in [-0.39, 0.29) is 0 Å². The smallest absolute Gasteiger partial charge is 0.195 e. The number of aromatic amines is 1. The van der Waals surface area contributed by atoms with E-state index in [2.05, 4.69) is 31.3 Å². The summed E-state index contributed by atoms with van der Waals surface area (Å²) in [5.41, 5.74) is 1.00. The minimum atomic E-state index is 0.521. The van der Waals surface area contributed by atoms with Gasteiger partial charge in [-0.1, -0.05) is 11.4 Å². The maximum absolute atomic E-state index is 5.25. The van der Waals surface area contributed by atoms with E-state index in [0.717, 1.165) is 22.8 Å². The van der Waals surface area contributed by atoms with Crippen molar-refractivity contribution in [2.75, 3.05) is 0 Å². The van der Waals surface area contributed by atoms with Crippen LogP contribution in [0.5, 0.6) is 0 Å². The molecule has 0 aliphatic heterocycles. The van der Waals surface area contributed by atoms with Gasteiger partial charge < -0.3 is 0 Å². The van der Waals surface area contributed by atoms with Crippen LogP contribution in [0.3, 0.4) is 0 Å². The summed E-state index contributed by atoms with van der Waals surface area (Å²) < 4.78 is 6.79. The normalized spacial score (nSPS) is 15.6. The first kappa shape index (κ1) is 10.1. The highest BCUT2D eigenvalue weighted by Gasteiger charge is 2.29. The minimum absolute atomic E-state index is 0.521. The van der Waals surface area contributed by atoms with E-state index in [1.165, 1.54) is 24.4 Å². The van der Waals surface area contributed by atoms with Crippen LogP contribution < -0.4 is 0 Å². The second-order valence-corrected chi connectivity index (χ2v) is 5.00. The Bertz CT molecular complexity index is 562. The molecule has 0 amide bonds. The van der Waals surface area contributed by atoms with Gasteiger partial charge in [-0.3, -0.25) is 9.67 Å². The number of nitrogens with zero attached hydrogens (tertiary/aromatic N) is 4. The SMILES string of the molecule is CCc1nnsc1-c1n[nH]c(=S)n1C1CC1. The number of rotatable bonds is 3. The van der Waals surface area contributed by atoms with Crippen LogP contribution in [0.2, 0.25) is 0 Å². The van der Waals surface area contributed by atoms with Crippen molar-refractivity contribution in [2.24, 2.45) is 0 Å². The number of hydrogen-bond acceptors (Lipinski definition) is 5. The quantitative estimate of drug-likeness (QED) is 0.853. The molecule has 0 atom stereocenters. The van der Waals surface area contributed by atoms with Crippen molar-refractivity contribution < 1.29 is 0 Å². The van der Waals surface area contributed by atoms with Crippen LogP contribution >= 0.6 is 23.8 Å². The highest BCUT2D eigenvalue weighted by Crippen LogP contribution is 2.39. The Morgan fingerprint density at radius 1 is 1.56 bits per heavy atom. The third kappa shape index (κ3) is 1.51. The largest absolute Gasteiger partial charge is 0.296 e. The molecule has 1 saturated carbocycles. The summed E-state index contributed by atoms with van der Waals surface area (Å²) in [5, 5.41) is 11.3. The number of hydrogen-bond donors (Lipinski definition) is 1. The Morgan fingerprint density at radius 2 is 2.38 bits per heavy atom. The van der Waals surface area contributed by atoms with Gasteiger partial charge in [0, 0.05) is 6.04 Å². The van der Waals surface area contributed by atoms with Crippen molar-refractivity contribution in [3.8, 4) is 10.7 Å². The molecule has 0 bridgehead atoms. The van der Waals surface area contributed by atoms with Gasteiger partial charge in [0.2, 0.25) is 0 Å². The Balaban J connectivity index is 2.16. The van der Waals surface area contributed by atoms with Crippen LogP contribution in [-0.4, -0.2) is 24.4 Å². The van der Waals surface area contributed by atoms with E-state index in [1.54, 1.807) is 0 Å². The number of aromatic nitrogens is 5. The van der Waals surface area contributed by atoms with Crippen LogP contribution in [0.1, 0.15) is 31.5 Å². The molecule has 2 aromatic rings. The third-order valence-electron chi connectivity index (χ3n) is 2.71. The van der Waals surface area contributed by atoms with Crippen molar-refractivity contribution in [1.29, 1.82) is 0 Å². The summed E-state index contributed by atoms with van der Waals surface area (Å²) in [6.07, 6.45) is 3.25. The molecule has 0 aromatic carbocycles. The minimum Gasteiger partial charge on any atom is -0.296 e. The molecule has 1 N–H and O–H groups in total. The van der Waals surface area contributed by atoms with Gasteiger partial charge in [-0.05, 0) is 43.0 Å². The second-order valence-electron chi connectivity index (χ2n) is 3.86. The summed E-state index contributed by atoms with van der Waals surface area (Å²) >= 11 is 6.64. The summed E-state index contributed by atoms with van der Waals surface area (Å²) in [7, 11) is 0. The van der Waals surface area contributed by atoms with Crippen LogP contribution in [0.15, 0.2) is 0 Å². The van der Waals surface area contributed by atoms with Gasteiger partial charge in [0.05, 0.1) is 5.69 Å². The lowest BCUT2D eigenvalue weighted by atomic mass is 10.3. The molecule has 1 aliphatic carbocycles. The second kappa shape index (κ2) is 3.74. The third-order valence-corrected chi connectivity index (χ3v) is 3.76. The first-order valence-electron chi connectivity index (χ1n) is 5.29. The van der Waals surface area contributed by atoms with Gasteiger partial charge in [0.25, 0.3) is 0 Å². The van der Waals surface area contributed by atoms with Crippen molar-refractivity contribution in [3.05, 3.63) is 10.5 Å². The van der Waals surface area contributed by atoms with Crippen LogP contribution in [0.4, 0.5) is 0 Å². The fourth-order valence-corrected chi connectivity index (χ4v) is 2.76. The first-order chi connectivity index (χ1) is 7.81. The zero-order valence-corrected chi connectivity index (χ0v) is 10.4. The summed E-state index contributed by atoms with van der Waals surface area (Å²) in [6.45, 7) is 2.07. The lowest BCUT2D eigenvalue weighted by Gasteiger charge is -2.02. The zero-order chi connectivity index (χ0) is 11.1. The fourth-order valence-electron chi connectivity index (χ4n) is 1.75. The summed E-state index contributed by atoms with van der Waals surface area (Å²) in [4.78, 5) is 1.04. The Morgan fingerprint density at radius 3 is 3.06 bits per heavy atom. The Kier molecular flexibility index (Phi) is 2.36. The van der Waals surface area contributed by atoms with Gasteiger partial charge in [-0.15, -0.1) is 5.10 Å². The lowest BCUT2D eigenvalue weighted by molar-refractivity contribution is 0.735. The molecule has 2 heterocycles. The molecular weight excluding hydrogens is 242 g/mol. The number of H-pyrrole nitrogens is 1. The topological polar surface area (TPSA) is 59.4 Å². The molecule has 0 unspecified atom stereocenters. The molecule has 84 valence electrons. The lowest BCUT2D eigenvalue weighted by Crippen LogP contribution is -1.98. The van der Waals surface area contributed by atoms with Crippen LogP contribution in [0, 0.1) is 4.77 Å². The van der Waals surface area contributed by atoms with Gasteiger partial charge in [-0.2, -0.15) is 5.10 Å². The van der Waals surface area contributed by atoms with Crippen molar-refractivity contribution in [1.82, 2.24) is 24.4 Å². The molecule has 7 heteroatoms. The molecular formula is C9H11N5S2. The Hall–Kier alpha value is -1.08. The highest BCUT2D eigenvalue weighted by molar-refractivity contribution is 7.71. The van der Waals surface area contributed by atoms with Gasteiger partial charge >= 0.3 is 0 Å². The van der Waals surface area contributed by atoms with E-state index in [0.29, 0.717) is 10.8 Å². The van der Waals surface area contributed by atoms with Gasteiger partial charge in [-0.25, -0.2) is 0 Å².